The maximum atomic E-state index is 13.5. The van der Waals surface area contributed by atoms with Gasteiger partial charge in [0.2, 0.25) is 5.91 Å². The van der Waals surface area contributed by atoms with Crippen molar-refractivity contribution in [3.8, 4) is 6.07 Å². The highest BCUT2D eigenvalue weighted by atomic mass is 19.1. The number of nitrogens with two attached hydrogens (primary N) is 1. The average Bonchev–Trinajstić information content (AvgIpc) is 3.32. The highest BCUT2D eigenvalue weighted by molar-refractivity contribution is 5.83. The molecule has 3 rings (SSSR count). The minimum Gasteiger partial charge on any atom is -0.325 e. The Morgan fingerprint density at radius 1 is 1.40 bits per heavy atom. The molecule has 5 atom stereocenters. The molecule has 1 aromatic carbocycles. The number of halogens is 2. The van der Waals surface area contributed by atoms with Gasteiger partial charge in [-0.05, 0) is 43.9 Å². The van der Waals surface area contributed by atoms with E-state index in [2.05, 4.69) is 11.4 Å². The lowest BCUT2D eigenvalue weighted by Crippen LogP contribution is -2.52. The minimum absolute atomic E-state index is 0.0949. The van der Waals surface area contributed by atoms with E-state index in [1.54, 1.807) is 6.92 Å². The number of amides is 1. The van der Waals surface area contributed by atoms with Gasteiger partial charge in [0.05, 0.1) is 18.2 Å². The smallest absolute Gasteiger partial charge is 0.241 e. The quantitative estimate of drug-likeness (QED) is 0.642. The molecule has 1 amide bonds. The molecular weight excluding hydrogens is 392 g/mol. The number of nitrogens with one attached hydrogen (secondary N) is 1. The molecular formula is C21H27F2N5O2. The van der Waals surface area contributed by atoms with Crippen LogP contribution in [-0.4, -0.2) is 65.8 Å². The number of carbonyl (C=O) groups excluding carboxylic acids is 2. The third kappa shape index (κ3) is 5.01. The van der Waals surface area contributed by atoms with Crippen molar-refractivity contribution in [2.45, 2.75) is 56.4 Å². The predicted octanol–water partition coefficient (Wildman–Crippen LogP) is 1.10. The van der Waals surface area contributed by atoms with Gasteiger partial charge >= 0.3 is 0 Å². The number of nitrogens with zero attached hydrogens (tertiary/aromatic N) is 3. The van der Waals surface area contributed by atoms with Crippen molar-refractivity contribution in [3.63, 3.8) is 0 Å². The van der Waals surface area contributed by atoms with E-state index in [1.165, 1.54) is 17.0 Å². The summed E-state index contributed by atoms with van der Waals surface area (Å²) in [6.07, 6.45) is 2.78. The average molecular weight is 419 g/mol. The first-order chi connectivity index (χ1) is 14.3. The van der Waals surface area contributed by atoms with Crippen LogP contribution in [0.2, 0.25) is 0 Å². The van der Waals surface area contributed by atoms with E-state index in [4.69, 9.17) is 5.73 Å². The molecule has 0 bridgehead atoms. The molecule has 0 aliphatic carbocycles. The second-order valence-corrected chi connectivity index (χ2v) is 8.11. The Morgan fingerprint density at radius 2 is 2.10 bits per heavy atom. The molecule has 0 saturated carbocycles. The van der Waals surface area contributed by atoms with E-state index >= 15 is 0 Å². The van der Waals surface area contributed by atoms with Crippen LogP contribution >= 0.6 is 0 Å². The predicted molar refractivity (Wildman–Crippen MR) is 106 cm³/mol. The molecule has 0 spiro atoms. The molecule has 1 aromatic rings. The van der Waals surface area contributed by atoms with Gasteiger partial charge in [-0.25, -0.2) is 8.78 Å². The Bertz CT molecular complexity index is 810. The van der Waals surface area contributed by atoms with Crippen molar-refractivity contribution in [2.75, 3.05) is 19.6 Å². The van der Waals surface area contributed by atoms with E-state index in [0.29, 0.717) is 31.5 Å². The van der Waals surface area contributed by atoms with Gasteiger partial charge in [-0.1, -0.05) is 0 Å². The van der Waals surface area contributed by atoms with Crippen molar-refractivity contribution >= 4 is 12.2 Å². The molecule has 4 unspecified atom stereocenters. The summed E-state index contributed by atoms with van der Waals surface area (Å²) < 4.78 is 27.0. The molecule has 3 N–H and O–H groups in total. The normalized spacial score (nSPS) is 26.4. The molecule has 0 aromatic heterocycles. The summed E-state index contributed by atoms with van der Waals surface area (Å²) in [7, 11) is 0. The van der Waals surface area contributed by atoms with E-state index in [0.717, 1.165) is 18.8 Å². The van der Waals surface area contributed by atoms with Crippen LogP contribution in [0.3, 0.4) is 0 Å². The number of hydrogen-bond acceptors (Lipinski definition) is 6. The fraction of sp³-hybridized carbons (Fsp3) is 0.571. The Morgan fingerprint density at radius 3 is 2.73 bits per heavy atom. The van der Waals surface area contributed by atoms with Crippen molar-refractivity contribution in [3.05, 3.63) is 35.4 Å². The summed E-state index contributed by atoms with van der Waals surface area (Å²) >= 11 is 0. The van der Waals surface area contributed by atoms with Gasteiger partial charge < -0.3 is 20.7 Å². The van der Waals surface area contributed by atoms with Gasteiger partial charge in [0, 0.05) is 37.8 Å². The second kappa shape index (κ2) is 9.60. The fourth-order valence-electron chi connectivity index (χ4n) is 4.39. The number of nitriles is 1. The number of hydrogen-bond donors (Lipinski definition) is 2. The summed E-state index contributed by atoms with van der Waals surface area (Å²) in [5, 5.41) is 12.5. The lowest BCUT2D eigenvalue weighted by molar-refractivity contribution is -0.133. The largest absolute Gasteiger partial charge is 0.325 e. The number of benzene rings is 1. The molecule has 2 heterocycles. The number of aldehydes is 1. The summed E-state index contributed by atoms with van der Waals surface area (Å²) in [6.45, 7) is 3.01. The summed E-state index contributed by atoms with van der Waals surface area (Å²) in [4.78, 5) is 27.6. The molecule has 162 valence electrons. The molecule has 2 saturated heterocycles. The Hall–Kier alpha value is -2.41. The number of likely N-dealkylation sites (tertiary alicyclic amines) is 2. The molecule has 2 aliphatic rings. The van der Waals surface area contributed by atoms with Crippen LogP contribution in [0.25, 0.3) is 0 Å². The lowest BCUT2D eigenvalue weighted by Gasteiger charge is -2.28. The van der Waals surface area contributed by atoms with Crippen molar-refractivity contribution in [2.24, 2.45) is 5.73 Å². The highest BCUT2D eigenvalue weighted by Crippen LogP contribution is 2.23. The molecule has 2 aliphatic heterocycles. The van der Waals surface area contributed by atoms with Gasteiger partial charge in [-0.15, -0.1) is 0 Å². The van der Waals surface area contributed by atoms with Gasteiger partial charge in [-0.3, -0.25) is 9.69 Å². The van der Waals surface area contributed by atoms with Gasteiger partial charge in [0.1, 0.15) is 24.0 Å². The van der Waals surface area contributed by atoms with E-state index in [1.807, 2.05) is 4.90 Å². The maximum Gasteiger partial charge on any atom is 0.241 e. The SMILES string of the molecule is C[C@H](NC1CC(C=O)N(CC(N)C(=O)N2CCCC2C#N)C1)c1cc(F)cc(F)c1. The minimum atomic E-state index is -0.824. The first kappa shape index (κ1) is 22.3. The van der Waals surface area contributed by atoms with E-state index in [9.17, 15) is 23.6 Å². The van der Waals surface area contributed by atoms with Crippen molar-refractivity contribution < 1.29 is 18.4 Å². The Balaban J connectivity index is 1.59. The first-order valence-corrected chi connectivity index (χ1v) is 10.2. The zero-order valence-corrected chi connectivity index (χ0v) is 16.9. The molecule has 30 heavy (non-hydrogen) atoms. The van der Waals surface area contributed by atoms with Crippen molar-refractivity contribution in [1.29, 1.82) is 5.26 Å². The Labute approximate surface area is 174 Å². The summed E-state index contributed by atoms with van der Waals surface area (Å²) in [5.41, 5.74) is 6.60. The van der Waals surface area contributed by atoms with Crippen LogP contribution in [0.5, 0.6) is 0 Å². The zero-order chi connectivity index (χ0) is 21.8. The topological polar surface area (TPSA) is 102 Å². The zero-order valence-electron chi connectivity index (χ0n) is 16.9. The number of carbonyl (C=O) groups is 2. The van der Waals surface area contributed by atoms with E-state index in [-0.39, 0.29) is 24.5 Å². The van der Waals surface area contributed by atoms with Crippen LogP contribution in [0.1, 0.15) is 37.8 Å². The summed E-state index contributed by atoms with van der Waals surface area (Å²) in [5.74, 6) is -1.55. The van der Waals surface area contributed by atoms with Gasteiger partial charge in [-0.2, -0.15) is 5.26 Å². The monoisotopic (exact) mass is 419 g/mol. The van der Waals surface area contributed by atoms with Crippen molar-refractivity contribution in [1.82, 2.24) is 15.1 Å². The molecule has 9 heteroatoms. The maximum absolute atomic E-state index is 13.5. The van der Waals surface area contributed by atoms with Gasteiger partial charge in [0.15, 0.2) is 0 Å². The number of rotatable bonds is 7. The third-order valence-corrected chi connectivity index (χ3v) is 5.91. The first-order valence-electron chi connectivity index (χ1n) is 10.2. The fourth-order valence-corrected chi connectivity index (χ4v) is 4.39. The second-order valence-electron chi connectivity index (χ2n) is 8.11. The standard InChI is InChI=1S/C21H27F2N5O2/c1-13(14-5-15(22)7-16(23)6-14)26-17-8-19(12-29)27(10-17)11-20(25)21(30)28-4-2-3-18(28)9-24/h5-7,12-13,17-20,26H,2-4,8,10-11,25H2,1H3/t13-,17?,18?,19?,20?/m0/s1. The molecule has 0 radical (unpaired) electrons. The van der Waals surface area contributed by atoms with Crippen LogP contribution in [0.4, 0.5) is 8.78 Å². The molecule has 2 fully saturated rings. The molecule has 7 nitrogen and oxygen atoms in total. The summed E-state index contributed by atoms with van der Waals surface area (Å²) in [6, 6.07) is 3.44. The van der Waals surface area contributed by atoms with Crippen LogP contribution in [-0.2, 0) is 9.59 Å². The van der Waals surface area contributed by atoms with Crippen LogP contribution < -0.4 is 11.1 Å². The van der Waals surface area contributed by atoms with Crippen LogP contribution in [0.15, 0.2) is 18.2 Å². The lowest BCUT2D eigenvalue weighted by atomic mass is 10.1. The van der Waals surface area contributed by atoms with Crippen LogP contribution in [0, 0.1) is 23.0 Å². The Kier molecular flexibility index (Phi) is 7.13. The highest BCUT2D eigenvalue weighted by Gasteiger charge is 2.37. The van der Waals surface area contributed by atoms with E-state index < -0.39 is 29.8 Å². The third-order valence-electron chi connectivity index (χ3n) is 5.91. The van der Waals surface area contributed by atoms with Gasteiger partial charge in [0.25, 0.3) is 0 Å².